The topological polar surface area (TPSA) is 53.0 Å². The van der Waals surface area contributed by atoms with Gasteiger partial charge < -0.3 is 5.73 Å². The first kappa shape index (κ1) is 14.0. The highest BCUT2D eigenvalue weighted by Gasteiger charge is 2.25. The normalized spacial score (nSPS) is 21.9. The van der Waals surface area contributed by atoms with E-state index in [0.29, 0.717) is 6.04 Å². The van der Waals surface area contributed by atoms with Crippen LogP contribution in [-0.4, -0.2) is 23.5 Å². The maximum absolute atomic E-state index is 8.91. The van der Waals surface area contributed by atoms with Gasteiger partial charge in [-0.1, -0.05) is 12.5 Å². The fourth-order valence-corrected chi connectivity index (χ4v) is 2.97. The summed E-state index contributed by atoms with van der Waals surface area (Å²) in [6.07, 6.45) is 3.75. The molecule has 0 bridgehead atoms. The molecule has 102 valence electrons. The summed E-state index contributed by atoms with van der Waals surface area (Å²) in [7, 11) is 0. The minimum Gasteiger partial charge on any atom is -0.327 e. The molecule has 1 fully saturated rings. The molecule has 0 amide bonds. The van der Waals surface area contributed by atoms with Crippen molar-refractivity contribution in [3.8, 4) is 6.07 Å². The van der Waals surface area contributed by atoms with Crippen molar-refractivity contribution in [1.82, 2.24) is 4.90 Å². The van der Waals surface area contributed by atoms with Crippen molar-refractivity contribution in [2.75, 3.05) is 6.54 Å². The summed E-state index contributed by atoms with van der Waals surface area (Å²) in [5.74, 6) is 0. The van der Waals surface area contributed by atoms with Crippen LogP contribution >= 0.6 is 0 Å². The second-order valence-electron chi connectivity index (χ2n) is 5.65. The SMILES string of the molecule is Cc1cc(C#N)ccc1CN1CCCCC1C(C)N. The highest BCUT2D eigenvalue weighted by Crippen LogP contribution is 2.22. The maximum atomic E-state index is 8.91. The molecular formula is C16H23N3. The zero-order valence-corrected chi connectivity index (χ0v) is 11.9. The Kier molecular flexibility index (Phi) is 4.57. The molecule has 1 saturated heterocycles. The van der Waals surface area contributed by atoms with Crippen LogP contribution in [0.25, 0.3) is 0 Å². The van der Waals surface area contributed by atoms with Gasteiger partial charge in [0.15, 0.2) is 0 Å². The van der Waals surface area contributed by atoms with E-state index >= 15 is 0 Å². The molecule has 0 aromatic heterocycles. The Morgan fingerprint density at radius 3 is 2.89 bits per heavy atom. The first-order valence-electron chi connectivity index (χ1n) is 7.11. The third-order valence-electron chi connectivity index (χ3n) is 4.12. The molecule has 2 atom stereocenters. The van der Waals surface area contributed by atoms with Crippen molar-refractivity contribution in [3.63, 3.8) is 0 Å². The summed E-state index contributed by atoms with van der Waals surface area (Å²) in [5, 5.41) is 8.91. The molecule has 19 heavy (non-hydrogen) atoms. The summed E-state index contributed by atoms with van der Waals surface area (Å²) in [6.45, 7) is 6.27. The fraction of sp³-hybridized carbons (Fsp3) is 0.562. The van der Waals surface area contributed by atoms with Gasteiger partial charge in [-0.3, -0.25) is 4.90 Å². The van der Waals surface area contributed by atoms with Crippen LogP contribution in [-0.2, 0) is 6.54 Å². The van der Waals surface area contributed by atoms with Gasteiger partial charge in [-0.25, -0.2) is 0 Å². The molecule has 2 unspecified atom stereocenters. The minimum absolute atomic E-state index is 0.221. The maximum Gasteiger partial charge on any atom is 0.0991 e. The van der Waals surface area contributed by atoms with Gasteiger partial charge in [0.05, 0.1) is 11.6 Å². The van der Waals surface area contributed by atoms with Gasteiger partial charge in [0.25, 0.3) is 0 Å². The van der Waals surface area contributed by atoms with Crippen LogP contribution in [0.5, 0.6) is 0 Å². The Morgan fingerprint density at radius 1 is 1.47 bits per heavy atom. The smallest absolute Gasteiger partial charge is 0.0991 e. The van der Waals surface area contributed by atoms with E-state index in [4.69, 9.17) is 11.0 Å². The lowest BCUT2D eigenvalue weighted by molar-refractivity contribution is 0.123. The first-order valence-corrected chi connectivity index (χ1v) is 7.11. The molecule has 3 nitrogen and oxygen atoms in total. The van der Waals surface area contributed by atoms with E-state index in [1.807, 2.05) is 12.1 Å². The summed E-state index contributed by atoms with van der Waals surface area (Å²) in [6, 6.07) is 8.87. The van der Waals surface area contributed by atoms with Gasteiger partial charge >= 0.3 is 0 Å². The quantitative estimate of drug-likeness (QED) is 0.905. The van der Waals surface area contributed by atoms with Crippen molar-refractivity contribution >= 4 is 0 Å². The molecule has 1 aromatic carbocycles. The Bertz CT molecular complexity index is 473. The molecular weight excluding hydrogens is 234 g/mol. The first-order chi connectivity index (χ1) is 9.11. The zero-order valence-electron chi connectivity index (χ0n) is 11.9. The number of nitrogens with zero attached hydrogens (tertiary/aromatic N) is 2. The molecule has 2 N–H and O–H groups in total. The minimum atomic E-state index is 0.221. The van der Waals surface area contributed by atoms with Gasteiger partial charge in [-0.15, -0.1) is 0 Å². The molecule has 0 aliphatic carbocycles. The molecule has 0 spiro atoms. The number of aryl methyl sites for hydroxylation is 1. The van der Waals surface area contributed by atoms with Crippen LogP contribution in [0.1, 0.15) is 42.9 Å². The Labute approximate surface area is 116 Å². The molecule has 1 heterocycles. The average molecular weight is 257 g/mol. The molecule has 1 aliphatic heterocycles. The number of nitriles is 1. The highest BCUT2D eigenvalue weighted by atomic mass is 15.2. The van der Waals surface area contributed by atoms with Gasteiger partial charge in [0.1, 0.15) is 0 Å². The van der Waals surface area contributed by atoms with Crippen LogP contribution in [0.2, 0.25) is 0 Å². The summed E-state index contributed by atoms with van der Waals surface area (Å²) in [5.41, 5.74) is 9.36. The molecule has 1 aliphatic rings. The van der Waals surface area contributed by atoms with E-state index < -0.39 is 0 Å². The number of nitrogens with two attached hydrogens (primary N) is 1. The van der Waals surface area contributed by atoms with Gasteiger partial charge in [0, 0.05) is 18.6 Å². The van der Waals surface area contributed by atoms with Crippen LogP contribution in [0.3, 0.4) is 0 Å². The van der Waals surface area contributed by atoms with E-state index in [0.717, 1.165) is 18.7 Å². The van der Waals surface area contributed by atoms with E-state index in [2.05, 4.69) is 30.9 Å². The monoisotopic (exact) mass is 257 g/mol. The third kappa shape index (κ3) is 3.34. The van der Waals surface area contributed by atoms with Crippen LogP contribution in [0, 0.1) is 18.3 Å². The second-order valence-corrected chi connectivity index (χ2v) is 5.65. The van der Waals surface area contributed by atoms with Crippen LogP contribution < -0.4 is 5.73 Å². The molecule has 2 rings (SSSR count). The molecule has 1 aromatic rings. The lowest BCUT2D eigenvalue weighted by atomic mass is 9.95. The Balaban J connectivity index is 2.13. The number of benzene rings is 1. The number of hydrogen-bond donors (Lipinski definition) is 1. The predicted octanol–water partition coefficient (Wildman–Crippen LogP) is 2.57. The van der Waals surface area contributed by atoms with E-state index in [1.54, 1.807) is 0 Å². The number of likely N-dealkylation sites (tertiary alicyclic amines) is 1. The average Bonchev–Trinajstić information content (AvgIpc) is 2.41. The zero-order chi connectivity index (χ0) is 13.8. The van der Waals surface area contributed by atoms with E-state index in [9.17, 15) is 0 Å². The number of hydrogen-bond acceptors (Lipinski definition) is 3. The molecule has 3 heteroatoms. The van der Waals surface area contributed by atoms with Crippen molar-refractivity contribution in [2.45, 2.75) is 51.7 Å². The number of rotatable bonds is 3. The van der Waals surface area contributed by atoms with Crippen molar-refractivity contribution in [1.29, 1.82) is 5.26 Å². The summed E-state index contributed by atoms with van der Waals surface area (Å²) >= 11 is 0. The van der Waals surface area contributed by atoms with E-state index in [-0.39, 0.29) is 6.04 Å². The van der Waals surface area contributed by atoms with E-state index in [1.165, 1.54) is 30.4 Å². The third-order valence-corrected chi connectivity index (χ3v) is 4.12. The largest absolute Gasteiger partial charge is 0.327 e. The second kappa shape index (κ2) is 6.18. The molecule has 0 saturated carbocycles. The van der Waals surface area contributed by atoms with Crippen molar-refractivity contribution in [2.24, 2.45) is 5.73 Å². The van der Waals surface area contributed by atoms with Crippen molar-refractivity contribution in [3.05, 3.63) is 34.9 Å². The van der Waals surface area contributed by atoms with Gasteiger partial charge in [0.2, 0.25) is 0 Å². The van der Waals surface area contributed by atoms with Gasteiger partial charge in [-0.05, 0) is 56.5 Å². The summed E-state index contributed by atoms with van der Waals surface area (Å²) in [4.78, 5) is 2.50. The van der Waals surface area contributed by atoms with Crippen LogP contribution in [0.4, 0.5) is 0 Å². The predicted molar refractivity (Wildman–Crippen MR) is 77.6 cm³/mol. The lowest BCUT2D eigenvalue weighted by Crippen LogP contribution is -2.48. The summed E-state index contributed by atoms with van der Waals surface area (Å²) < 4.78 is 0. The Hall–Kier alpha value is -1.37. The lowest BCUT2D eigenvalue weighted by Gasteiger charge is -2.38. The Morgan fingerprint density at radius 2 is 2.26 bits per heavy atom. The highest BCUT2D eigenvalue weighted by molar-refractivity contribution is 5.37. The van der Waals surface area contributed by atoms with Crippen LogP contribution in [0.15, 0.2) is 18.2 Å². The van der Waals surface area contributed by atoms with Gasteiger partial charge in [-0.2, -0.15) is 5.26 Å². The molecule has 0 radical (unpaired) electrons. The standard InChI is InChI=1S/C16H23N3/c1-12-9-14(10-17)6-7-15(12)11-19-8-4-3-5-16(19)13(2)18/h6-7,9,13,16H,3-5,8,11,18H2,1-2H3. The fourth-order valence-electron chi connectivity index (χ4n) is 2.97. The van der Waals surface area contributed by atoms with Crippen molar-refractivity contribution < 1.29 is 0 Å². The number of piperidine rings is 1.